The van der Waals surface area contributed by atoms with Crippen LogP contribution in [0.1, 0.15) is 17.0 Å². The normalized spacial score (nSPS) is 11.7. The number of nitrogens with zero attached hydrogens (tertiary/aromatic N) is 3. The van der Waals surface area contributed by atoms with Crippen molar-refractivity contribution in [1.82, 2.24) is 14.9 Å². The molecular weight excluding hydrogens is 352 g/mol. The van der Waals surface area contributed by atoms with Gasteiger partial charge in [0.05, 0.1) is 0 Å². The summed E-state index contributed by atoms with van der Waals surface area (Å²) in [6, 6.07) is 24.7. The molecule has 4 rings (SSSR count). The van der Waals surface area contributed by atoms with Crippen LogP contribution < -0.4 is 0 Å². The number of nitrogens with one attached hydrogen (secondary N) is 1. The van der Waals surface area contributed by atoms with Crippen LogP contribution >= 0.6 is 12.2 Å². The lowest BCUT2D eigenvalue weighted by molar-refractivity contribution is 0.794. The molecule has 0 saturated heterocycles. The number of rotatable bonds is 5. The second-order valence-electron chi connectivity index (χ2n) is 6.11. The lowest BCUT2D eigenvalue weighted by Gasteiger charge is -2.06. The van der Waals surface area contributed by atoms with Crippen LogP contribution in [0.3, 0.4) is 0 Å². The van der Waals surface area contributed by atoms with Gasteiger partial charge in [-0.2, -0.15) is 14.9 Å². The fourth-order valence-corrected chi connectivity index (χ4v) is 3.20. The van der Waals surface area contributed by atoms with Gasteiger partial charge >= 0.3 is 0 Å². The van der Waals surface area contributed by atoms with Crippen molar-refractivity contribution < 1.29 is 0 Å². The Morgan fingerprint density at radius 1 is 0.963 bits per heavy atom. The second kappa shape index (κ2) is 7.93. The topological polar surface area (TPSA) is 46.0 Å². The van der Waals surface area contributed by atoms with E-state index in [9.17, 15) is 0 Å². The Morgan fingerprint density at radius 3 is 2.63 bits per heavy atom. The van der Waals surface area contributed by atoms with Crippen molar-refractivity contribution in [2.24, 2.45) is 5.10 Å². The Balaban J connectivity index is 1.59. The first-order chi connectivity index (χ1) is 13.3. The van der Waals surface area contributed by atoms with E-state index in [4.69, 9.17) is 12.2 Å². The van der Waals surface area contributed by atoms with E-state index >= 15 is 0 Å². The molecule has 0 spiro atoms. The third kappa shape index (κ3) is 3.93. The number of hydrogen-bond acceptors (Lipinski definition) is 3. The lowest BCUT2D eigenvalue weighted by atomic mass is 10.0. The van der Waals surface area contributed by atoms with Crippen molar-refractivity contribution in [2.75, 3.05) is 0 Å². The fourth-order valence-electron chi connectivity index (χ4n) is 3.00. The van der Waals surface area contributed by atoms with Gasteiger partial charge in [0.15, 0.2) is 5.82 Å². The second-order valence-corrected chi connectivity index (χ2v) is 6.49. The summed E-state index contributed by atoms with van der Waals surface area (Å²) < 4.78 is 2.15. The first-order valence-electron chi connectivity index (χ1n) is 8.70. The number of fused-ring (bicyclic) bond motifs is 1. The Bertz CT molecular complexity index is 1160. The van der Waals surface area contributed by atoms with Gasteiger partial charge in [-0.25, -0.2) is 0 Å². The molecule has 4 aromatic rings. The average molecular weight is 370 g/mol. The molecule has 0 unspecified atom stereocenters. The Hall–Kier alpha value is -3.31. The highest BCUT2D eigenvalue weighted by atomic mass is 32.1. The van der Waals surface area contributed by atoms with E-state index in [0.717, 1.165) is 11.4 Å². The molecule has 0 atom stereocenters. The third-order valence-electron chi connectivity index (χ3n) is 4.30. The molecule has 1 aromatic heterocycles. The summed E-state index contributed by atoms with van der Waals surface area (Å²) in [4.78, 5) is 0. The van der Waals surface area contributed by atoms with Crippen LogP contribution in [-0.2, 0) is 6.42 Å². The van der Waals surface area contributed by atoms with Gasteiger partial charge < -0.3 is 0 Å². The minimum atomic E-state index is 0.481. The van der Waals surface area contributed by atoms with E-state index in [1.54, 1.807) is 10.9 Å². The zero-order valence-corrected chi connectivity index (χ0v) is 15.4. The molecule has 1 N–H and O–H groups in total. The van der Waals surface area contributed by atoms with E-state index in [2.05, 4.69) is 51.7 Å². The molecule has 0 radical (unpaired) electrons. The fraction of sp³-hybridized carbons (Fsp3) is 0.0455. The van der Waals surface area contributed by atoms with Gasteiger partial charge in [-0.3, -0.25) is 5.10 Å². The number of hydrogen-bond donors (Lipinski definition) is 1. The van der Waals surface area contributed by atoms with Gasteiger partial charge in [0.1, 0.15) is 0 Å². The molecule has 0 fully saturated rings. The highest BCUT2D eigenvalue weighted by Crippen LogP contribution is 2.20. The van der Waals surface area contributed by atoms with Crippen molar-refractivity contribution in [3.63, 3.8) is 0 Å². The molecule has 0 saturated carbocycles. The molecule has 0 aliphatic carbocycles. The van der Waals surface area contributed by atoms with Crippen molar-refractivity contribution in [3.05, 3.63) is 101 Å². The predicted octanol–water partition coefficient (Wildman–Crippen LogP) is 5.23. The molecule has 132 valence electrons. The summed E-state index contributed by atoms with van der Waals surface area (Å²) in [6.07, 6.45) is 6.27. The van der Waals surface area contributed by atoms with Gasteiger partial charge in [0.2, 0.25) is 4.77 Å². The van der Waals surface area contributed by atoms with E-state index in [1.165, 1.54) is 16.3 Å². The number of aromatic nitrogens is 3. The molecule has 27 heavy (non-hydrogen) atoms. The lowest BCUT2D eigenvalue weighted by Crippen LogP contribution is -2.00. The monoisotopic (exact) mass is 370 g/mol. The minimum absolute atomic E-state index is 0.481. The summed E-state index contributed by atoms with van der Waals surface area (Å²) in [5, 5.41) is 14.1. The van der Waals surface area contributed by atoms with Gasteiger partial charge in [-0.05, 0) is 40.2 Å². The van der Waals surface area contributed by atoms with E-state index in [1.807, 2.05) is 48.6 Å². The molecule has 4 nitrogen and oxygen atoms in total. The predicted molar refractivity (Wildman–Crippen MR) is 114 cm³/mol. The molecule has 1 heterocycles. The maximum atomic E-state index is 5.34. The molecule has 0 bridgehead atoms. The van der Waals surface area contributed by atoms with E-state index in [-0.39, 0.29) is 0 Å². The molecular formula is C22H18N4S. The average Bonchev–Trinajstić information content (AvgIpc) is 3.06. The molecule has 0 aliphatic heterocycles. The number of H-pyrrole nitrogens is 1. The third-order valence-corrected chi connectivity index (χ3v) is 4.57. The van der Waals surface area contributed by atoms with Crippen LogP contribution in [-0.4, -0.2) is 21.1 Å². The summed E-state index contributed by atoms with van der Waals surface area (Å²) in [5.41, 5.74) is 2.31. The van der Waals surface area contributed by atoms with Crippen LogP contribution in [0, 0.1) is 4.77 Å². The number of aromatic amines is 1. The van der Waals surface area contributed by atoms with Crippen molar-refractivity contribution in [3.8, 4) is 0 Å². The Morgan fingerprint density at radius 2 is 1.74 bits per heavy atom. The summed E-state index contributed by atoms with van der Waals surface area (Å²) in [5.74, 6) is 0.778. The number of benzene rings is 3. The van der Waals surface area contributed by atoms with E-state index < -0.39 is 0 Å². The smallest absolute Gasteiger partial charge is 0.216 e. The van der Waals surface area contributed by atoms with Gasteiger partial charge in [0.25, 0.3) is 0 Å². The zero-order valence-electron chi connectivity index (χ0n) is 14.6. The first-order valence-corrected chi connectivity index (χ1v) is 9.11. The largest absolute Gasteiger partial charge is 0.250 e. The highest BCUT2D eigenvalue weighted by molar-refractivity contribution is 7.71. The summed E-state index contributed by atoms with van der Waals surface area (Å²) >= 11 is 5.34. The molecule has 3 aromatic carbocycles. The first kappa shape index (κ1) is 17.1. The standard InChI is InChI=1S/C22H18N4S/c27-22-25-24-21(16-19-13-6-12-18-11-4-5-14-20(18)19)26(22)23-15-7-10-17-8-2-1-3-9-17/h1-15H,16H2,(H,25,27)/b10-7+,23-15-. The quantitative estimate of drug-likeness (QED) is 0.386. The van der Waals surface area contributed by atoms with Crippen LogP contribution in [0.25, 0.3) is 16.8 Å². The summed E-state index contributed by atoms with van der Waals surface area (Å²) in [6.45, 7) is 0. The van der Waals surface area contributed by atoms with Crippen LogP contribution in [0.2, 0.25) is 0 Å². The highest BCUT2D eigenvalue weighted by Gasteiger charge is 2.08. The SMILES string of the molecule is S=c1[nH]nc(Cc2cccc3ccccc23)n1/N=C\C=C\c1ccccc1. The minimum Gasteiger partial charge on any atom is -0.250 e. The van der Waals surface area contributed by atoms with Crippen LogP contribution in [0.15, 0.2) is 84.0 Å². The summed E-state index contributed by atoms with van der Waals surface area (Å²) in [7, 11) is 0. The Labute approximate surface area is 162 Å². The van der Waals surface area contributed by atoms with Crippen LogP contribution in [0.5, 0.6) is 0 Å². The van der Waals surface area contributed by atoms with Crippen molar-refractivity contribution >= 4 is 35.3 Å². The number of allylic oxidation sites excluding steroid dienone is 1. The van der Waals surface area contributed by atoms with Crippen LogP contribution in [0.4, 0.5) is 0 Å². The van der Waals surface area contributed by atoms with Crippen molar-refractivity contribution in [2.45, 2.75) is 6.42 Å². The maximum Gasteiger partial charge on any atom is 0.216 e. The van der Waals surface area contributed by atoms with E-state index in [0.29, 0.717) is 11.2 Å². The van der Waals surface area contributed by atoms with Gasteiger partial charge in [-0.15, -0.1) is 0 Å². The maximum absolute atomic E-state index is 5.34. The Kier molecular flexibility index (Phi) is 5.03. The molecule has 0 amide bonds. The molecule has 5 heteroatoms. The zero-order chi connectivity index (χ0) is 18.5. The van der Waals surface area contributed by atoms with Gasteiger partial charge in [0, 0.05) is 12.6 Å². The van der Waals surface area contributed by atoms with Gasteiger partial charge in [-0.1, -0.05) is 78.9 Å². The molecule has 0 aliphatic rings. The van der Waals surface area contributed by atoms with Crippen molar-refractivity contribution in [1.29, 1.82) is 0 Å².